The number of nitrogens with zero attached hydrogens (tertiary/aromatic N) is 2. The lowest BCUT2D eigenvalue weighted by molar-refractivity contribution is 0.0792. The number of likely N-dealkylation sites (tertiary alicyclic amines) is 1. The maximum absolute atomic E-state index is 13.0. The van der Waals surface area contributed by atoms with Crippen LogP contribution in [0.15, 0.2) is 71.7 Å². The second-order valence-corrected chi connectivity index (χ2v) is 8.37. The molecular weight excluding hydrogens is 423 g/mol. The molecule has 2 heterocycles. The summed E-state index contributed by atoms with van der Waals surface area (Å²) in [6.07, 6.45) is 2.93. The molecular formula is C26H27FN2O4. The Hall–Kier alpha value is -3.29. The van der Waals surface area contributed by atoms with Gasteiger partial charge in [0.2, 0.25) is 0 Å². The van der Waals surface area contributed by atoms with E-state index in [4.69, 9.17) is 4.74 Å². The number of aromatic nitrogens is 1. The standard InChI is InChI=1S/C26H27FN2O4/c27-22-7-3-20(4-8-22)18-33-24-11-14-29(26(32)15-24)17-25(31)21-5-1-19(2-6-21)16-28-12-9-23(30)10-13-28/h1-8,11,14-15,23,30H,9-10,12-13,16-18H2. The molecule has 3 aromatic rings. The Bertz CT molecular complexity index is 1130. The average Bonchev–Trinajstić information content (AvgIpc) is 2.82. The predicted octanol–water partition coefficient (Wildman–Crippen LogP) is 3.41. The maximum Gasteiger partial charge on any atom is 0.254 e. The Balaban J connectivity index is 1.32. The van der Waals surface area contributed by atoms with Crippen molar-refractivity contribution in [3.8, 4) is 5.75 Å². The molecule has 0 radical (unpaired) electrons. The molecule has 1 fully saturated rings. The van der Waals surface area contributed by atoms with E-state index in [-0.39, 0.29) is 36.4 Å². The first-order valence-electron chi connectivity index (χ1n) is 11.1. The van der Waals surface area contributed by atoms with Gasteiger partial charge < -0.3 is 14.4 Å². The highest BCUT2D eigenvalue weighted by molar-refractivity contribution is 5.95. The van der Waals surface area contributed by atoms with Crippen LogP contribution in [0.1, 0.15) is 34.3 Å². The van der Waals surface area contributed by atoms with Crippen LogP contribution < -0.4 is 10.3 Å². The number of rotatable bonds is 8. The van der Waals surface area contributed by atoms with Crippen molar-refractivity contribution in [2.75, 3.05) is 13.1 Å². The lowest BCUT2D eigenvalue weighted by Crippen LogP contribution is -2.35. The first-order valence-corrected chi connectivity index (χ1v) is 11.1. The van der Waals surface area contributed by atoms with Crippen LogP contribution in [-0.2, 0) is 19.7 Å². The van der Waals surface area contributed by atoms with Gasteiger partial charge in [-0.2, -0.15) is 0 Å². The van der Waals surface area contributed by atoms with Crippen LogP contribution in [0.25, 0.3) is 0 Å². The highest BCUT2D eigenvalue weighted by atomic mass is 19.1. The molecule has 1 aromatic heterocycles. The smallest absolute Gasteiger partial charge is 0.254 e. The minimum Gasteiger partial charge on any atom is -0.489 e. The van der Waals surface area contributed by atoms with Gasteiger partial charge in [0.15, 0.2) is 5.78 Å². The second kappa shape index (κ2) is 10.6. The first kappa shape index (κ1) is 22.9. The first-order chi connectivity index (χ1) is 16.0. The van der Waals surface area contributed by atoms with E-state index in [0.29, 0.717) is 11.3 Å². The molecule has 33 heavy (non-hydrogen) atoms. The number of ether oxygens (including phenoxy) is 1. The molecule has 0 atom stereocenters. The molecule has 0 amide bonds. The van der Waals surface area contributed by atoms with Gasteiger partial charge in [0.05, 0.1) is 12.6 Å². The van der Waals surface area contributed by atoms with Gasteiger partial charge in [0.25, 0.3) is 5.56 Å². The van der Waals surface area contributed by atoms with E-state index >= 15 is 0 Å². The molecule has 2 aromatic carbocycles. The minimum atomic E-state index is -0.330. The zero-order chi connectivity index (χ0) is 23.2. The number of aliphatic hydroxyl groups excluding tert-OH is 1. The predicted molar refractivity (Wildman–Crippen MR) is 123 cm³/mol. The summed E-state index contributed by atoms with van der Waals surface area (Å²) in [4.78, 5) is 27.4. The second-order valence-electron chi connectivity index (χ2n) is 8.37. The van der Waals surface area contributed by atoms with Crippen LogP contribution in [-0.4, -0.2) is 39.6 Å². The topological polar surface area (TPSA) is 71.8 Å². The molecule has 0 unspecified atom stereocenters. The van der Waals surface area contributed by atoms with Crippen molar-refractivity contribution in [1.29, 1.82) is 0 Å². The van der Waals surface area contributed by atoms with Gasteiger partial charge in [-0.1, -0.05) is 36.4 Å². The monoisotopic (exact) mass is 450 g/mol. The van der Waals surface area contributed by atoms with E-state index in [1.807, 2.05) is 12.1 Å². The SMILES string of the molecule is O=C(Cn1ccc(OCc2ccc(F)cc2)cc1=O)c1ccc(CN2CCC(O)CC2)cc1. The van der Waals surface area contributed by atoms with Gasteiger partial charge in [-0.15, -0.1) is 0 Å². The summed E-state index contributed by atoms with van der Waals surface area (Å²) in [7, 11) is 0. The molecule has 0 aliphatic carbocycles. The van der Waals surface area contributed by atoms with Crippen LogP contribution in [0.4, 0.5) is 4.39 Å². The molecule has 1 saturated heterocycles. The summed E-state index contributed by atoms with van der Waals surface area (Å²) in [5.41, 5.74) is 2.13. The van der Waals surface area contributed by atoms with E-state index < -0.39 is 0 Å². The van der Waals surface area contributed by atoms with E-state index in [1.54, 1.807) is 36.5 Å². The van der Waals surface area contributed by atoms with Crippen LogP contribution in [0, 0.1) is 5.82 Å². The number of carbonyl (C=O) groups is 1. The highest BCUT2D eigenvalue weighted by Crippen LogP contribution is 2.15. The van der Waals surface area contributed by atoms with Crippen molar-refractivity contribution in [2.45, 2.75) is 38.6 Å². The van der Waals surface area contributed by atoms with Crippen LogP contribution in [0.3, 0.4) is 0 Å². The number of hydrogen-bond donors (Lipinski definition) is 1. The molecule has 1 aliphatic heterocycles. The van der Waals surface area contributed by atoms with Gasteiger partial charge in [-0.3, -0.25) is 14.5 Å². The maximum atomic E-state index is 13.0. The third-order valence-corrected chi connectivity index (χ3v) is 5.84. The number of aliphatic hydroxyl groups is 1. The number of carbonyl (C=O) groups excluding carboxylic acids is 1. The van der Waals surface area contributed by atoms with Crippen LogP contribution >= 0.6 is 0 Å². The molecule has 4 rings (SSSR count). The van der Waals surface area contributed by atoms with Gasteiger partial charge in [0.1, 0.15) is 18.2 Å². The number of benzene rings is 2. The van der Waals surface area contributed by atoms with E-state index in [9.17, 15) is 19.1 Å². The largest absolute Gasteiger partial charge is 0.489 e. The molecule has 7 heteroatoms. The Morgan fingerprint density at radius 2 is 1.67 bits per heavy atom. The van der Waals surface area contributed by atoms with Gasteiger partial charge >= 0.3 is 0 Å². The number of piperidine rings is 1. The fourth-order valence-corrected chi connectivity index (χ4v) is 3.84. The van der Waals surface area contributed by atoms with Crippen molar-refractivity contribution in [1.82, 2.24) is 9.47 Å². The lowest BCUT2D eigenvalue weighted by atomic mass is 10.1. The van der Waals surface area contributed by atoms with E-state index in [0.717, 1.165) is 43.6 Å². The van der Waals surface area contributed by atoms with E-state index in [2.05, 4.69) is 4.90 Å². The Morgan fingerprint density at radius 1 is 1.00 bits per heavy atom. The summed E-state index contributed by atoms with van der Waals surface area (Å²) < 4.78 is 19.9. The Labute approximate surface area is 191 Å². The van der Waals surface area contributed by atoms with Crippen molar-refractivity contribution < 1.29 is 19.0 Å². The molecule has 0 spiro atoms. The number of Topliss-reactive ketones (excluding diaryl/α,β-unsaturated/α-hetero) is 1. The van der Waals surface area contributed by atoms with Crippen molar-refractivity contribution in [3.63, 3.8) is 0 Å². The lowest BCUT2D eigenvalue weighted by Gasteiger charge is -2.29. The molecule has 1 aliphatic rings. The van der Waals surface area contributed by atoms with Crippen molar-refractivity contribution in [2.24, 2.45) is 0 Å². The van der Waals surface area contributed by atoms with Gasteiger partial charge in [0, 0.05) is 37.5 Å². The normalized spacial score (nSPS) is 14.8. The zero-order valence-electron chi connectivity index (χ0n) is 18.3. The summed E-state index contributed by atoms with van der Waals surface area (Å²) in [6, 6.07) is 16.4. The zero-order valence-corrected chi connectivity index (χ0v) is 18.3. The van der Waals surface area contributed by atoms with Gasteiger partial charge in [-0.25, -0.2) is 4.39 Å². The van der Waals surface area contributed by atoms with Gasteiger partial charge in [-0.05, 0) is 42.2 Å². The molecule has 0 saturated carbocycles. The average molecular weight is 451 g/mol. The fourth-order valence-electron chi connectivity index (χ4n) is 3.84. The third kappa shape index (κ3) is 6.37. The third-order valence-electron chi connectivity index (χ3n) is 5.84. The molecule has 6 nitrogen and oxygen atoms in total. The Morgan fingerprint density at radius 3 is 2.33 bits per heavy atom. The molecule has 172 valence electrons. The quantitative estimate of drug-likeness (QED) is 0.533. The number of halogens is 1. The van der Waals surface area contributed by atoms with Crippen molar-refractivity contribution in [3.05, 3.63) is 99.7 Å². The van der Waals surface area contributed by atoms with Crippen LogP contribution in [0.5, 0.6) is 5.75 Å². The highest BCUT2D eigenvalue weighted by Gasteiger charge is 2.17. The Kier molecular flexibility index (Phi) is 7.32. The van der Waals surface area contributed by atoms with Crippen molar-refractivity contribution >= 4 is 5.78 Å². The fraction of sp³-hybridized carbons (Fsp3) is 0.308. The molecule has 0 bridgehead atoms. The summed E-state index contributed by atoms with van der Waals surface area (Å²) in [5.74, 6) is -0.0734. The number of ketones is 1. The summed E-state index contributed by atoms with van der Waals surface area (Å²) >= 11 is 0. The van der Waals surface area contributed by atoms with E-state index in [1.165, 1.54) is 22.8 Å². The summed E-state index contributed by atoms with van der Waals surface area (Å²) in [5, 5.41) is 9.62. The number of pyridine rings is 1. The van der Waals surface area contributed by atoms with Crippen LogP contribution in [0.2, 0.25) is 0 Å². The summed E-state index contributed by atoms with van der Waals surface area (Å²) in [6.45, 7) is 2.69. The molecule has 1 N–H and O–H groups in total. The minimum absolute atomic E-state index is 0.0551. The number of hydrogen-bond acceptors (Lipinski definition) is 5.